The van der Waals surface area contributed by atoms with E-state index in [0.717, 1.165) is 32.2 Å². The number of hydrogen-bond donors (Lipinski definition) is 2. The Morgan fingerprint density at radius 1 is 1.31 bits per heavy atom. The first-order chi connectivity index (χ1) is 7.33. The van der Waals surface area contributed by atoms with Gasteiger partial charge in [-0.1, -0.05) is 0 Å². The van der Waals surface area contributed by atoms with Crippen LogP contribution in [0.25, 0.3) is 0 Å². The molecule has 2 bridgehead atoms. The quantitative estimate of drug-likeness (QED) is 0.750. The van der Waals surface area contributed by atoms with Crippen molar-refractivity contribution in [3.63, 3.8) is 0 Å². The van der Waals surface area contributed by atoms with E-state index in [1.807, 2.05) is 0 Å². The topological polar surface area (TPSA) is 50.4 Å². The summed E-state index contributed by atoms with van der Waals surface area (Å²) in [6.07, 6.45) is 6.12. The van der Waals surface area contributed by atoms with Crippen molar-refractivity contribution in [2.45, 2.75) is 56.4 Å². The number of hydrogen-bond acceptors (Lipinski definition) is 3. The maximum Gasteiger partial charge on any atom is 0.237 e. The van der Waals surface area contributed by atoms with E-state index in [1.54, 1.807) is 0 Å². The molecule has 1 amide bonds. The molecule has 2 N–H and O–H groups in total. The molecule has 0 radical (unpaired) electrons. The molecule has 0 aromatic heterocycles. The highest BCUT2D eigenvalue weighted by Gasteiger charge is 2.42. The van der Waals surface area contributed by atoms with Crippen LogP contribution in [0, 0.1) is 0 Å². The lowest BCUT2D eigenvalue weighted by Crippen LogP contribution is -2.48. The molecule has 16 heavy (non-hydrogen) atoms. The lowest BCUT2D eigenvalue weighted by atomic mass is 9.95. The Bertz CT molecular complexity index is 269. The Morgan fingerprint density at radius 3 is 2.75 bits per heavy atom. The van der Waals surface area contributed by atoms with E-state index in [1.165, 1.54) is 6.42 Å². The number of carbonyl (C=O) groups is 1. The predicted octanol–water partition coefficient (Wildman–Crippen LogP) is 0.596. The summed E-state index contributed by atoms with van der Waals surface area (Å²) >= 11 is 0. The first-order valence-corrected chi connectivity index (χ1v) is 6.02. The largest absolute Gasteiger partial charge is 0.373 e. The molecule has 3 fully saturated rings. The second kappa shape index (κ2) is 4.90. The highest BCUT2D eigenvalue weighted by molar-refractivity contribution is 5.85. The zero-order chi connectivity index (χ0) is 10.3. The average Bonchev–Trinajstić information content (AvgIpc) is 2.95. The van der Waals surface area contributed by atoms with Crippen LogP contribution in [0.5, 0.6) is 0 Å². The fourth-order valence-electron chi connectivity index (χ4n) is 2.98. The van der Waals surface area contributed by atoms with Gasteiger partial charge in [0.05, 0.1) is 24.3 Å². The molecule has 4 nitrogen and oxygen atoms in total. The molecule has 0 spiro atoms. The van der Waals surface area contributed by atoms with Gasteiger partial charge in [0, 0.05) is 0 Å². The lowest BCUT2D eigenvalue weighted by Gasteiger charge is -2.22. The Balaban J connectivity index is 0.000000963. The summed E-state index contributed by atoms with van der Waals surface area (Å²) in [6.45, 7) is 0.977. The number of amides is 1. The third kappa shape index (κ3) is 2.19. The first-order valence-electron chi connectivity index (χ1n) is 6.02. The van der Waals surface area contributed by atoms with Crippen molar-refractivity contribution in [2.75, 3.05) is 6.54 Å². The average molecular weight is 247 g/mol. The molecule has 4 atom stereocenters. The van der Waals surface area contributed by atoms with Crippen LogP contribution in [-0.2, 0) is 9.53 Å². The van der Waals surface area contributed by atoms with Crippen LogP contribution in [0.3, 0.4) is 0 Å². The molecule has 1 unspecified atom stereocenters. The summed E-state index contributed by atoms with van der Waals surface area (Å²) < 4.78 is 5.71. The maximum atomic E-state index is 11.8. The molecule has 3 aliphatic heterocycles. The zero-order valence-corrected chi connectivity index (χ0v) is 10.1. The van der Waals surface area contributed by atoms with Crippen molar-refractivity contribution in [1.82, 2.24) is 10.6 Å². The van der Waals surface area contributed by atoms with Gasteiger partial charge in [-0.3, -0.25) is 4.79 Å². The smallest absolute Gasteiger partial charge is 0.237 e. The number of rotatable bonds is 2. The fourth-order valence-corrected chi connectivity index (χ4v) is 2.98. The normalized spacial score (nSPS) is 40.8. The fraction of sp³-hybridized carbons (Fsp3) is 0.909. The summed E-state index contributed by atoms with van der Waals surface area (Å²) in [7, 11) is 0. The molecule has 5 heteroatoms. The van der Waals surface area contributed by atoms with Crippen LogP contribution >= 0.6 is 12.4 Å². The number of fused-ring (bicyclic) bond motifs is 2. The number of nitrogens with one attached hydrogen (secondary N) is 2. The molecule has 0 aromatic carbocycles. The monoisotopic (exact) mass is 246 g/mol. The van der Waals surface area contributed by atoms with Crippen molar-refractivity contribution in [3.05, 3.63) is 0 Å². The first kappa shape index (κ1) is 12.1. The third-order valence-corrected chi connectivity index (χ3v) is 3.81. The van der Waals surface area contributed by atoms with E-state index in [9.17, 15) is 4.79 Å². The Kier molecular flexibility index (Phi) is 3.72. The Hall–Kier alpha value is -0.320. The van der Waals surface area contributed by atoms with E-state index >= 15 is 0 Å². The minimum absolute atomic E-state index is 0. The summed E-state index contributed by atoms with van der Waals surface area (Å²) in [6, 6.07) is 0.322. The van der Waals surface area contributed by atoms with Gasteiger partial charge < -0.3 is 15.4 Å². The highest BCUT2D eigenvalue weighted by Crippen LogP contribution is 2.34. The van der Waals surface area contributed by atoms with E-state index in [0.29, 0.717) is 12.2 Å². The van der Waals surface area contributed by atoms with Crippen LogP contribution in [-0.4, -0.2) is 36.7 Å². The van der Waals surface area contributed by atoms with E-state index in [2.05, 4.69) is 10.6 Å². The second-order valence-corrected chi connectivity index (χ2v) is 4.87. The van der Waals surface area contributed by atoms with Gasteiger partial charge in [0.15, 0.2) is 0 Å². The number of ether oxygens (including phenoxy) is 1. The minimum atomic E-state index is 0. The summed E-state index contributed by atoms with van der Waals surface area (Å²) in [4.78, 5) is 11.8. The van der Waals surface area contributed by atoms with Gasteiger partial charge in [-0.15, -0.1) is 12.4 Å². The highest BCUT2D eigenvalue weighted by atomic mass is 35.5. The van der Waals surface area contributed by atoms with Gasteiger partial charge in [0.25, 0.3) is 0 Å². The van der Waals surface area contributed by atoms with Crippen molar-refractivity contribution >= 4 is 18.3 Å². The van der Waals surface area contributed by atoms with Gasteiger partial charge in [-0.2, -0.15) is 0 Å². The van der Waals surface area contributed by atoms with Gasteiger partial charge in [0.2, 0.25) is 5.91 Å². The van der Waals surface area contributed by atoms with Gasteiger partial charge in [-0.25, -0.2) is 0 Å². The van der Waals surface area contributed by atoms with E-state index in [-0.39, 0.29) is 30.4 Å². The van der Waals surface area contributed by atoms with Crippen molar-refractivity contribution in [1.29, 1.82) is 0 Å². The van der Waals surface area contributed by atoms with Crippen molar-refractivity contribution in [3.8, 4) is 0 Å². The SMILES string of the molecule is Cl.O=C(N[C@@H]1C[C@H]2CC[C@@H]1O2)C1CCCN1. The van der Waals surface area contributed by atoms with Crippen LogP contribution < -0.4 is 10.6 Å². The summed E-state index contributed by atoms with van der Waals surface area (Å²) in [5.74, 6) is 0.175. The molecular formula is C11H19ClN2O2. The van der Waals surface area contributed by atoms with Crippen molar-refractivity contribution < 1.29 is 9.53 Å². The second-order valence-electron chi connectivity index (χ2n) is 4.87. The van der Waals surface area contributed by atoms with Crippen LogP contribution in [0.15, 0.2) is 0 Å². The Morgan fingerprint density at radius 2 is 2.19 bits per heavy atom. The molecule has 0 aliphatic carbocycles. The number of halogens is 1. The van der Waals surface area contributed by atoms with E-state index < -0.39 is 0 Å². The minimum Gasteiger partial charge on any atom is -0.373 e. The van der Waals surface area contributed by atoms with Gasteiger partial charge >= 0.3 is 0 Å². The van der Waals surface area contributed by atoms with Gasteiger partial charge in [-0.05, 0) is 38.6 Å². The Labute approximate surface area is 102 Å². The van der Waals surface area contributed by atoms with Crippen LogP contribution in [0.4, 0.5) is 0 Å². The summed E-state index contributed by atoms with van der Waals surface area (Å²) in [5.41, 5.74) is 0. The third-order valence-electron chi connectivity index (χ3n) is 3.81. The predicted molar refractivity (Wildman–Crippen MR) is 62.7 cm³/mol. The van der Waals surface area contributed by atoms with Crippen molar-refractivity contribution in [2.24, 2.45) is 0 Å². The number of carbonyl (C=O) groups excluding carboxylic acids is 1. The maximum absolute atomic E-state index is 11.8. The molecule has 0 aromatic rings. The molecule has 0 saturated carbocycles. The standard InChI is InChI=1S/C11H18N2O2.ClH/c14-11(8-2-1-5-12-8)13-9-6-7-3-4-10(9)15-7;/h7-10,12H,1-6H2,(H,13,14);1H/t7-,8?,9-,10+;/m1./s1. The molecular weight excluding hydrogens is 228 g/mol. The van der Waals surface area contributed by atoms with E-state index in [4.69, 9.17) is 4.74 Å². The molecule has 3 saturated heterocycles. The molecule has 3 aliphatic rings. The molecule has 3 rings (SSSR count). The summed E-state index contributed by atoms with van der Waals surface area (Å²) in [5, 5.41) is 6.35. The molecule has 92 valence electrons. The van der Waals surface area contributed by atoms with Gasteiger partial charge in [0.1, 0.15) is 0 Å². The van der Waals surface area contributed by atoms with Crippen LogP contribution in [0.2, 0.25) is 0 Å². The zero-order valence-electron chi connectivity index (χ0n) is 9.28. The van der Waals surface area contributed by atoms with Crippen LogP contribution in [0.1, 0.15) is 32.1 Å². The molecule has 3 heterocycles. The lowest BCUT2D eigenvalue weighted by molar-refractivity contribution is -0.123.